The Bertz CT molecular complexity index is 661. The van der Waals surface area contributed by atoms with Crippen molar-refractivity contribution in [2.45, 2.75) is 0 Å². The highest BCUT2D eigenvalue weighted by Crippen LogP contribution is 2.27. The molecule has 2 rings (SSSR count). The molecule has 0 aliphatic carbocycles. The summed E-state index contributed by atoms with van der Waals surface area (Å²) in [7, 11) is 1.50. The first-order chi connectivity index (χ1) is 10.1. The summed E-state index contributed by atoms with van der Waals surface area (Å²) in [5.74, 6) is -0.496. The number of aromatic nitrogens is 2. The fraction of sp³-hybridized carbons (Fsp3) is 0.0833. The van der Waals surface area contributed by atoms with Crippen molar-refractivity contribution in [1.29, 1.82) is 0 Å². The van der Waals surface area contributed by atoms with Gasteiger partial charge in [0.1, 0.15) is 6.33 Å². The Morgan fingerprint density at radius 3 is 2.48 bits per heavy atom. The van der Waals surface area contributed by atoms with Gasteiger partial charge >= 0.3 is 5.69 Å². The molecule has 0 atom stereocenters. The summed E-state index contributed by atoms with van der Waals surface area (Å²) in [5, 5.41) is 13.6. The molecular formula is C12H12N6O3. The van der Waals surface area contributed by atoms with Gasteiger partial charge in [-0.15, -0.1) is 0 Å². The van der Waals surface area contributed by atoms with Crippen molar-refractivity contribution in [3.8, 4) is 0 Å². The van der Waals surface area contributed by atoms with E-state index in [1.165, 1.54) is 7.05 Å². The molecule has 1 amide bonds. The SMILES string of the molecule is CNc1ncnc(NNC(=O)c2ccccc2)c1[N+](=O)[O-]. The van der Waals surface area contributed by atoms with Gasteiger partial charge < -0.3 is 5.32 Å². The maximum absolute atomic E-state index is 11.9. The molecule has 0 saturated heterocycles. The van der Waals surface area contributed by atoms with Crippen molar-refractivity contribution < 1.29 is 9.72 Å². The number of nitrogens with one attached hydrogen (secondary N) is 3. The lowest BCUT2D eigenvalue weighted by Crippen LogP contribution is -2.30. The Kier molecular flexibility index (Phi) is 4.24. The lowest BCUT2D eigenvalue weighted by molar-refractivity contribution is -0.383. The van der Waals surface area contributed by atoms with E-state index < -0.39 is 10.8 Å². The molecule has 3 N–H and O–H groups in total. The molecular weight excluding hydrogens is 276 g/mol. The van der Waals surface area contributed by atoms with Gasteiger partial charge in [0.25, 0.3) is 5.91 Å². The first kappa shape index (κ1) is 14.2. The Labute approximate surface area is 119 Å². The van der Waals surface area contributed by atoms with Crippen LogP contribution in [0.2, 0.25) is 0 Å². The highest BCUT2D eigenvalue weighted by molar-refractivity contribution is 5.95. The minimum Gasteiger partial charge on any atom is -0.367 e. The Hall–Kier alpha value is -3.23. The zero-order chi connectivity index (χ0) is 15.2. The maximum Gasteiger partial charge on any atom is 0.354 e. The van der Waals surface area contributed by atoms with Crippen molar-refractivity contribution >= 4 is 23.2 Å². The van der Waals surface area contributed by atoms with Crippen LogP contribution in [0, 0.1) is 10.1 Å². The van der Waals surface area contributed by atoms with Gasteiger partial charge in [0.15, 0.2) is 0 Å². The summed E-state index contributed by atoms with van der Waals surface area (Å²) in [6, 6.07) is 8.43. The van der Waals surface area contributed by atoms with E-state index in [2.05, 4.69) is 26.1 Å². The molecule has 1 aromatic carbocycles. The molecule has 9 heteroatoms. The van der Waals surface area contributed by atoms with Gasteiger partial charge in [0.05, 0.1) is 4.92 Å². The maximum atomic E-state index is 11.9. The van der Waals surface area contributed by atoms with Gasteiger partial charge in [-0.2, -0.15) is 0 Å². The number of nitro groups is 1. The Balaban J connectivity index is 2.17. The van der Waals surface area contributed by atoms with Crippen molar-refractivity contribution in [3.63, 3.8) is 0 Å². The summed E-state index contributed by atoms with van der Waals surface area (Å²) in [4.78, 5) is 29.8. The van der Waals surface area contributed by atoms with E-state index in [1.807, 2.05) is 0 Å². The third-order valence-electron chi connectivity index (χ3n) is 2.57. The molecule has 0 unspecified atom stereocenters. The topological polar surface area (TPSA) is 122 Å². The van der Waals surface area contributed by atoms with Crippen LogP contribution in [0.3, 0.4) is 0 Å². The van der Waals surface area contributed by atoms with Crippen molar-refractivity contribution in [2.75, 3.05) is 17.8 Å². The fourth-order valence-corrected chi connectivity index (χ4v) is 1.60. The molecule has 0 spiro atoms. The fourth-order valence-electron chi connectivity index (χ4n) is 1.60. The normalized spacial score (nSPS) is 9.76. The molecule has 0 aliphatic heterocycles. The van der Waals surface area contributed by atoms with Crippen LogP contribution in [0.4, 0.5) is 17.3 Å². The quantitative estimate of drug-likeness (QED) is 0.557. The van der Waals surface area contributed by atoms with Crippen LogP contribution in [-0.2, 0) is 0 Å². The highest BCUT2D eigenvalue weighted by atomic mass is 16.6. The minimum atomic E-state index is -0.636. The molecule has 0 fully saturated rings. The van der Waals surface area contributed by atoms with E-state index in [4.69, 9.17) is 0 Å². The van der Waals surface area contributed by atoms with Crippen molar-refractivity contribution in [2.24, 2.45) is 0 Å². The number of anilines is 2. The lowest BCUT2D eigenvalue weighted by Gasteiger charge is -2.09. The molecule has 0 radical (unpaired) electrons. The predicted octanol–water partition coefficient (Wildman–Crippen LogP) is 1.18. The van der Waals surface area contributed by atoms with Gasteiger partial charge in [0.2, 0.25) is 11.6 Å². The largest absolute Gasteiger partial charge is 0.367 e. The lowest BCUT2D eigenvalue weighted by atomic mass is 10.2. The molecule has 9 nitrogen and oxygen atoms in total. The average Bonchev–Trinajstić information content (AvgIpc) is 2.52. The van der Waals surface area contributed by atoms with E-state index in [9.17, 15) is 14.9 Å². The van der Waals surface area contributed by atoms with E-state index in [1.54, 1.807) is 30.3 Å². The summed E-state index contributed by atoms with van der Waals surface area (Å²) in [6.07, 6.45) is 1.15. The van der Waals surface area contributed by atoms with E-state index in [0.717, 1.165) is 6.33 Å². The van der Waals surface area contributed by atoms with Crippen LogP contribution in [0.1, 0.15) is 10.4 Å². The standard InChI is InChI=1S/C12H12N6O3/c1-13-10-9(18(20)21)11(15-7-14-10)16-17-12(19)8-5-3-2-4-6-8/h2-7H,1H3,(H,17,19)(H2,13,14,15,16). The molecule has 2 aromatic rings. The number of nitrogens with zero attached hydrogens (tertiary/aromatic N) is 3. The van der Waals surface area contributed by atoms with Crippen LogP contribution < -0.4 is 16.2 Å². The second kappa shape index (κ2) is 6.28. The van der Waals surface area contributed by atoms with Crippen molar-refractivity contribution in [3.05, 3.63) is 52.3 Å². The number of hydrogen-bond acceptors (Lipinski definition) is 7. The van der Waals surface area contributed by atoms with Gasteiger partial charge in [-0.3, -0.25) is 25.8 Å². The van der Waals surface area contributed by atoms with Crippen LogP contribution in [0.25, 0.3) is 0 Å². The minimum absolute atomic E-state index is 0.0476. The number of amides is 1. The van der Waals surface area contributed by atoms with Crippen LogP contribution in [0.5, 0.6) is 0 Å². The number of hydrazine groups is 1. The second-order valence-corrected chi connectivity index (χ2v) is 3.87. The molecule has 0 bridgehead atoms. The van der Waals surface area contributed by atoms with Crippen LogP contribution in [-0.4, -0.2) is 27.8 Å². The smallest absolute Gasteiger partial charge is 0.354 e. The van der Waals surface area contributed by atoms with Crippen molar-refractivity contribution in [1.82, 2.24) is 15.4 Å². The zero-order valence-corrected chi connectivity index (χ0v) is 11.0. The number of carbonyl (C=O) groups excluding carboxylic acids is 1. The van der Waals surface area contributed by atoms with Crippen LogP contribution >= 0.6 is 0 Å². The molecule has 1 aromatic heterocycles. The van der Waals surface area contributed by atoms with E-state index in [-0.39, 0.29) is 17.3 Å². The number of hydrogen-bond donors (Lipinski definition) is 3. The molecule has 1 heterocycles. The number of benzene rings is 1. The average molecular weight is 288 g/mol. The van der Waals surface area contributed by atoms with Gasteiger partial charge in [0, 0.05) is 12.6 Å². The third kappa shape index (κ3) is 3.21. The second-order valence-electron chi connectivity index (χ2n) is 3.87. The third-order valence-corrected chi connectivity index (χ3v) is 2.57. The predicted molar refractivity (Wildman–Crippen MR) is 75.8 cm³/mol. The van der Waals surface area contributed by atoms with Crippen LogP contribution in [0.15, 0.2) is 36.7 Å². The molecule has 108 valence electrons. The van der Waals surface area contributed by atoms with Gasteiger partial charge in [-0.1, -0.05) is 18.2 Å². The summed E-state index contributed by atoms with van der Waals surface area (Å²) in [5.41, 5.74) is 4.84. The highest BCUT2D eigenvalue weighted by Gasteiger charge is 2.22. The monoisotopic (exact) mass is 288 g/mol. The zero-order valence-electron chi connectivity index (χ0n) is 11.0. The summed E-state index contributed by atoms with van der Waals surface area (Å²) >= 11 is 0. The first-order valence-electron chi connectivity index (χ1n) is 5.92. The van der Waals surface area contributed by atoms with Gasteiger partial charge in [-0.25, -0.2) is 9.97 Å². The molecule has 0 aliphatic rings. The molecule has 21 heavy (non-hydrogen) atoms. The number of rotatable bonds is 5. The Morgan fingerprint density at radius 1 is 1.19 bits per heavy atom. The van der Waals surface area contributed by atoms with Gasteiger partial charge in [-0.05, 0) is 12.1 Å². The first-order valence-corrected chi connectivity index (χ1v) is 5.92. The van der Waals surface area contributed by atoms with E-state index >= 15 is 0 Å². The summed E-state index contributed by atoms with van der Waals surface area (Å²) < 4.78 is 0. The summed E-state index contributed by atoms with van der Waals surface area (Å²) in [6.45, 7) is 0. The van der Waals surface area contributed by atoms with E-state index in [0.29, 0.717) is 5.56 Å². The molecule has 0 saturated carbocycles. The number of carbonyl (C=O) groups is 1. The Morgan fingerprint density at radius 2 is 1.86 bits per heavy atom.